The predicted molar refractivity (Wildman–Crippen MR) is 74.7 cm³/mol. The van der Waals surface area contributed by atoms with Crippen LogP contribution in [0.15, 0.2) is 0 Å². The SMILES string of the molecule is CCN1CCN(CCC(=O)N(C)CCNC)CC1. The monoisotopic (exact) mass is 256 g/mol. The maximum absolute atomic E-state index is 11.9. The number of likely N-dealkylation sites (N-methyl/N-ethyl adjacent to an activating group) is 3. The third-order valence-corrected chi connectivity index (χ3v) is 3.68. The first-order valence-corrected chi connectivity index (χ1v) is 7.00. The fraction of sp³-hybridized carbons (Fsp3) is 0.923. The van der Waals surface area contributed by atoms with Crippen molar-refractivity contribution < 1.29 is 4.79 Å². The van der Waals surface area contributed by atoms with Crippen LogP contribution in [0.5, 0.6) is 0 Å². The molecule has 5 nitrogen and oxygen atoms in total. The topological polar surface area (TPSA) is 38.8 Å². The number of amides is 1. The third kappa shape index (κ3) is 5.33. The van der Waals surface area contributed by atoms with Gasteiger partial charge in [-0.1, -0.05) is 6.92 Å². The molecule has 0 aromatic rings. The highest BCUT2D eigenvalue weighted by atomic mass is 16.2. The second-order valence-corrected chi connectivity index (χ2v) is 4.94. The Morgan fingerprint density at radius 1 is 1.22 bits per heavy atom. The van der Waals surface area contributed by atoms with Gasteiger partial charge >= 0.3 is 0 Å². The minimum Gasteiger partial charge on any atom is -0.344 e. The smallest absolute Gasteiger partial charge is 0.223 e. The van der Waals surface area contributed by atoms with Crippen LogP contribution in [0.25, 0.3) is 0 Å². The zero-order valence-corrected chi connectivity index (χ0v) is 12.1. The van der Waals surface area contributed by atoms with Crippen molar-refractivity contribution in [2.75, 3.05) is 66.5 Å². The molecule has 0 atom stereocenters. The molecular formula is C13H28N4O. The molecule has 1 rings (SSSR count). The molecule has 1 heterocycles. The molecule has 106 valence electrons. The third-order valence-electron chi connectivity index (χ3n) is 3.68. The van der Waals surface area contributed by atoms with Crippen molar-refractivity contribution in [2.24, 2.45) is 0 Å². The molecule has 1 saturated heterocycles. The molecule has 0 aliphatic carbocycles. The number of rotatable bonds is 7. The lowest BCUT2D eigenvalue weighted by atomic mass is 10.2. The number of carbonyl (C=O) groups excluding carboxylic acids is 1. The molecule has 0 radical (unpaired) electrons. The van der Waals surface area contributed by atoms with E-state index in [1.54, 1.807) is 0 Å². The summed E-state index contributed by atoms with van der Waals surface area (Å²) in [5.74, 6) is 0.253. The van der Waals surface area contributed by atoms with Crippen molar-refractivity contribution in [3.63, 3.8) is 0 Å². The Balaban J connectivity index is 2.15. The number of carbonyl (C=O) groups is 1. The molecule has 1 aliphatic rings. The highest BCUT2D eigenvalue weighted by Crippen LogP contribution is 2.02. The molecular weight excluding hydrogens is 228 g/mol. The molecule has 0 aromatic carbocycles. The fourth-order valence-electron chi connectivity index (χ4n) is 2.18. The van der Waals surface area contributed by atoms with Gasteiger partial charge in [-0.2, -0.15) is 0 Å². The van der Waals surface area contributed by atoms with E-state index in [1.165, 1.54) is 0 Å². The number of nitrogens with zero attached hydrogens (tertiary/aromatic N) is 3. The summed E-state index contributed by atoms with van der Waals surface area (Å²) in [5.41, 5.74) is 0. The van der Waals surface area contributed by atoms with Gasteiger partial charge in [0.15, 0.2) is 0 Å². The Hall–Kier alpha value is -0.650. The molecule has 1 N–H and O–H groups in total. The minimum absolute atomic E-state index is 0.253. The van der Waals surface area contributed by atoms with Crippen LogP contribution in [0.4, 0.5) is 0 Å². The maximum Gasteiger partial charge on any atom is 0.223 e. The van der Waals surface area contributed by atoms with Gasteiger partial charge in [0.25, 0.3) is 0 Å². The van der Waals surface area contributed by atoms with Crippen LogP contribution in [0, 0.1) is 0 Å². The van der Waals surface area contributed by atoms with Crippen LogP contribution >= 0.6 is 0 Å². The molecule has 18 heavy (non-hydrogen) atoms. The molecule has 1 aliphatic heterocycles. The molecule has 1 fully saturated rings. The number of nitrogens with one attached hydrogen (secondary N) is 1. The van der Waals surface area contributed by atoms with Crippen LogP contribution in [0.3, 0.4) is 0 Å². The van der Waals surface area contributed by atoms with Crippen molar-refractivity contribution in [3.8, 4) is 0 Å². The van der Waals surface area contributed by atoms with Crippen LogP contribution < -0.4 is 5.32 Å². The molecule has 0 unspecified atom stereocenters. The van der Waals surface area contributed by atoms with Gasteiger partial charge in [0.1, 0.15) is 0 Å². The number of piperazine rings is 1. The van der Waals surface area contributed by atoms with Gasteiger partial charge in [0.05, 0.1) is 0 Å². The standard InChI is InChI=1S/C13H28N4O/c1-4-16-9-11-17(12-10-16)7-5-13(18)15(3)8-6-14-2/h14H,4-12H2,1-3H3. The summed E-state index contributed by atoms with van der Waals surface area (Å²) < 4.78 is 0. The predicted octanol–water partition coefficient (Wildman–Crippen LogP) is -0.308. The van der Waals surface area contributed by atoms with Crippen molar-refractivity contribution in [2.45, 2.75) is 13.3 Å². The summed E-state index contributed by atoms with van der Waals surface area (Å²) in [6, 6.07) is 0. The van der Waals surface area contributed by atoms with Gasteiger partial charge in [0, 0.05) is 59.3 Å². The van der Waals surface area contributed by atoms with Gasteiger partial charge in [-0.25, -0.2) is 0 Å². The van der Waals surface area contributed by atoms with E-state index in [0.29, 0.717) is 6.42 Å². The second kappa shape index (κ2) is 8.45. The summed E-state index contributed by atoms with van der Waals surface area (Å²) in [6.07, 6.45) is 0.645. The zero-order chi connectivity index (χ0) is 13.4. The lowest BCUT2D eigenvalue weighted by Crippen LogP contribution is -2.47. The summed E-state index contributed by atoms with van der Waals surface area (Å²) in [4.78, 5) is 18.5. The Kier molecular flexibility index (Phi) is 7.23. The lowest BCUT2D eigenvalue weighted by molar-refractivity contribution is -0.130. The van der Waals surface area contributed by atoms with Gasteiger partial charge in [-0.15, -0.1) is 0 Å². The van der Waals surface area contributed by atoms with Crippen LogP contribution in [-0.4, -0.2) is 87.1 Å². The first-order chi connectivity index (χ1) is 8.67. The quantitative estimate of drug-likeness (QED) is 0.678. The minimum atomic E-state index is 0.253. The Labute approximate surface area is 111 Å². The molecule has 0 saturated carbocycles. The van der Waals surface area contributed by atoms with E-state index in [1.807, 2.05) is 19.0 Å². The van der Waals surface area contributed by atoms with E-state index in [-0.39, 0.29) is 5.91 Å². The molecule has 0 aromatic heterocycles. The Bertz CT molecular complexity index is 239. The first-order valence-electron chi connectivity index (χ1n) is 7.00. The average Bonchev–Trinajstić information content (AvgIpc) is 2.42. The van der Waals surface area contributed by atoms with Gasteiger partial charge < -0.3 is 20.0 Å². The van der Waals surface area contributed by atoms with Gasteiger partial charge in [0.2, 0.25) is 5.91 Å². The largest absolute Gasteiger partial charge is 0.344 e. The summed E-state index contributed by atoms with van der Waals surface area (Å²) >= 11 is 0. The molecule has 0 bridgehead atoms. The highest BCUT2D eigenvalue weighted by Gasteiger charge is 2.16. The summed E-state index contributed by atoms with van der Waals surface area (Å²) in [5, 5.41) is 3.06. The average molecular weight is 256 g/mol. The van der Waals surface area contributed by atoms with E-state index in [9.17, 15) is 4.79 Å². The van der Waals surface area contributed by atoms with Crippen LogP contribution in [0.1, 0.15) is 13.3 Å². The van der Waals surface area contributed by atoms with E-state index in [2.05, 4.69) is 22.0 Å². The van der Waals surface area contributed by atoms with E-state index in [4.69, 9.17) is 0 Å². The van der Waals surface area contributed by atoms with Crippen molar-refractivity contribution in [1.82, 2.24) is 20.0 Å². The molecule has 5 heteroatoms. The summed E-state index contributed by atoms with van der Waals surface area (Å²) in [6.45, 7) is 10.4. The van der Waals surface area contributed by atoms with Crippen molar-refractivity contribution in [1.29, 1.82) is 0 Å². The lowest BCUT2D eigenvalue weighted by Gasteiger charge is -2.34. The first kappa shape index (κ1) is 15.4. The highest BCUT2D eigenvalue weighted by molar-refractivity contribution is 5.76. The van der Waals surface area contributed by atoms with Gasteiger partial charge in [-0.05, 0) is 13.6 Å². The van der Waals surface area contributed by atoms with Crippen LogP contribution in [0.2, 0.25) is 0 Å². The normalized spacial score (nSPS) is 17.9. The second-order valence-electron chi connectivity index (χ2n) is 4.94. The van der Waals surface area contributed by atoms with Crippen molar-refractivity contribution in [3.05, 3.63) is 0 Å². The Morgan fingerprint density at radius 3 is 2.39 bits per heavy atom. The Morgan fingerprint density at radius 2 is 1.83 bits per heavy atom. The fourth-order valence-corrected chi connectivity index (χ4v) is 2.18. The van der Waals surface area contributed by atoms with E-state index >= 15 is 0 Å². The van der Waals surface area contributed by atoms with E-state index < -0.39 is 0 Å². The van der Waals surface area contributed by atoms with Crippen LogP contribution in [-0.2, 0) is 4.79 Å². The molecule has 1 amide bonds. The van der Waals surface area contributed by atoms with Crippen molar-refractivity contribution >= 4 is 5.91 Å². The van der Waals surface area contributed by atoms with Gasteiger partial charge in [-0.3, -0.25) is 4.79 Å². The number of hydrogen-bond donors (Lipinski definition) is 1. The van der Waals surface area contributed by atoms with E-state index in [0.717, 1.165) is 52.4 Å². The number of hydrogen-bond acceptors (Lipinski definition) is 4. The maximum atomic E-state index is 11.9. The zero-order valence-electron chi connectivity index (χ0n) is 12.1. The molecule has 0 spiro atoms. The summed E-state index contributed by atoms with van der Waals surface area (Å²) in [7, 11) is 3.79.